The number of nitrogens with one attached hydrogen (secondary N) is 1. The Labute approximate surface area is 110 Å². The predicted molar refractivity (Wildman–Crippen MR) is 74.2 cm³/mol. The van der Waals surface area contributed by atoms with Gasteiger partial charge < -0.3 is 10.1 Å². The van der Waals surface area contributed by atoms with Crippen molar-refractivity contribution < 1.29 is 9.53 Å². The lowest BCUT2D eigenvalue weighted by Crippen LogP contribution is -2.44. The quantitative estimate of drug-likeness (QED) is 0.601. The molecule has 1 aliphatic rings. The molecule has 0 aromatic carbocycles. The molecule has 1 aliphatic heterocycles. The van der Waals surface area contributed by atoms with Gasteiger partial charge >= 0.3 is 5.97 Å². The summed E-state index contributed by atoms with van der Waals surface area (Å²) < 4.78 is 4.95. The highest BCUT2D eigenvalue weighted by molar-refractivity contribution is 5.77. The molecule has 3 heteroatoms. The Morgan fingerprint density at radius 2 is 2.28 bits per heavy atom. The summed E-state index contributed by atoms with van der Waals surface area (Å²) in [7, 11) is 1.44. The van der Waals surface area contributed by atoms with E-state index in [2.05, 4.69) is 11.9 Å². The Hall–Kier alpha value is -1.35. The number of allylic oxidation sites excluding steroid dienone is 4. The second kappa shape index (κ2) is 7.88. The van der Waals surface area contributed by atoms with Crippen LogP contribution in [0.4, 0.5) is 0 Å². The van der Waals surface area contributed by atoms with Gasteiger partial charge in [0.15, 0.2) is 0 Å². The Morgan fingerprint density at radius 1 is 1.50 bits per heavy atom. The number of rotatable bonds is 5. The van der Waals surface area contributed by atoms with Crippen molar-refractivity contribution in [2.75, 3.05) is 13.7 Å². The second-order valence-corrected chi connectivity index (χ2v) is 4.46. The molecule has 1 rings (SSSR count). The van der Waals surface area contributed by atoms with Crippen LogP contribution in [0.5, 0.6) is 0 Å². The van der Waals surface area contributed by atoms with E-state index >= 15 is 0 Å². The second-order valence-electron chi connectivity index (χ2n) is 4.46. The summed E-state index contributed by atoms with van der Waals surface area (Å²) in [6.45, 7) is 6.62. The Bertz CT molecular complexity index is 338. The zero-order chi connectivity index (χ0) is 13.4. The van der Waals surface area contributed by atoms with Crippen molar-refractivity contribution in [1.82, 2.24) is 5.32 Å². The largest absolute Gasteiger partial charge is 0.469 e. The molecule has 0 aromatic rings. The van der Waals surface area contributed by atoms with Crippen LogP contribution in [-0.2, 0) is 9.53 Å². The molecular formula is C15H23NO2. The third-order valence-electron chi connectivity index (χ3n) is 3.23. The van der Waals surface area contributed by atoms with Gasteiger partial charge in [-0.15, -0.1) is 0 Å². The minimum Gasteiger partial charge on any atom is -0.469 e. The van der Waals surface area contributed by atoms with Crippen LogP contribution in [0, 0.1) is 5.92 Å². The van der Waals surface area contributed by atoms with Gasteiger partial charge in [0.1, 0.15) is 0 Å². The van der Waals surface area contributed by atoms with Gasteiger partial charge in [-0.1, -0.05) is 37.3 Å². The maximum Gasteiger partial charge on any atom is 0.314 e. The molecule has 1 fully saturated rings. The van der Waals surface area contributed by atoms with E-state index in [9.17, 15) is 4.79 Å². The summed E-state index contributed by atoms with van der Waals surface area (Å²) in [4.78, 5) is 12.0. The fourth-order valence-electron chi connectivity index (χ4n) is 2.41. The fourth-order valence-corrected chi connectivity index (χ4v) is 2.41. The molecule has 1 saturated heterocycles. The molecule has 100 valence electrons. The highest BCUT2D eigenvalue weighted by Crippen LogP contribution is 2.24. The first-order chi connectivity index (χ1) is 8.74. The average molecular weight is 249 g/mol. The first-order valence-corrected chi connectivity index (χ1v) is 6.51. The van der Waals surface area contributed by atoms with Crippen molar-refractivity contribution in [3.63, 3.8) is 0 Å². The third-order valence-corrected chi connectivity index (χ3v) is 3.23. The number of hydrogen-bond donors (Lipinski definition) is 1. The average Bonchev–Trinajstić information content (AvgIpc) is 2.40. The number of esters is 1. The van der Waals surface area contributed by atoms with Crippen LogP contribution in [0.25, 0.3) is 0 Å². The number of hydrogen-bond acceptors (Lipinski definition) is 3. The van der Waals surface area contributed by atoms with Crippen molar-refractivity contribution in [1.29, 1.82) is 0 Å². The summed E-state index contributed by atoms with van der Waals surface area (Å²) in [6.07, 6.45) is 10.8. The molecule has 3 nitrogen and oxygen atoms in total. The predicted octanol–water partition coefficient (Wildman–Crippen LogP) is 2.61. The summed E-state index contributed by atoms with van der Waals surface area (Å²) in [5.74, 6) is -0.426. The molecule has 0 radical (unpaired) electrons. The van der Waals surface area contributed by atoms with Crippen LogP contribution in [-0.4, -0.2) is 25.7 Å². The van der Waals surface area contributed by atoms with Crippen LogP contribution in [0.3, 0.4) is 0 Å². The first-order valence-electron chi connectivity index (χ1n) is 6.51. The number of methoxy groups -OCH3 is 1. The molecule has 18 heavy (non-hydrogen) atoms. The topological polar surface area (TPSA) is 38.3 Å². The highest BCUT2D eigenvalue weighted by atomic mass is 16.5. The lowest BCUT2D eigenvalue weighted by atomic mass is 9.85. The summed E-state index contributed by atoms with van der Waals surface area (Å²) in [5, 5.41) is 3.42. The molecule has 1 heterocycles. The highest BCUT2D eigenvalue weighted by Gasteiger charge is 2.31. The van der Waals surface area contributed by atoms with E-state index in [-0.39, 0.29) is 17.9 Å². The van der Waals surface area contributed by atoms with Crippen LogP contribution >= 0.6 is 0 Å². The van der Waals surface area contributed by atoms with E-state index in [0.717, 1.165) is 25.0 Å². The van der Waals surface area contributed by atoms with Crippen LogP contribution in [0.1, 0.15) is 26.2 Å². The van der Waals surface area contributed by atoms with E-state index in [1.54, 1.807) is 6.08 Å². The maximum atomic E-state index is 12.0. The molecule has 0 spiro atoms. The molecule has 1 N–H and O–H groups in total. The summed E-state index contributed by atoms with van der Waals surface area (Å²) >= 11 is 0. The maximum absolute atomic E-state index is 12.0. The van der Waals surface area contributed by atoms with E-state index in [4.69, 9.17) is 4.74 Å². The van der Waals surface area contributed by atoms with Crippen LogP contribution < -0.4 is 5.32 Å². The van der Waals surface area contributed by atoms with Gasteiger partial charge in [-0.05, 0) is 31.9 Å². The van der Waals surface area contributed by atoms with Crippen molar-refractivity contribution in [2.24, 2.45) is 5.92 Å². The standard InChI is InChI=1S/C15H23NO2/c1-4-8-12(9-5-2)14(15(17)18-3)13-10-6-7-11-16-13/h4-5,8-9,13-14,16H,1,6-7,10-11H2,2-3H3/b9-5-,12-8+. The van der Waals surface area contributed by atoms with Gasteiger partial charge in [0.05, 0.1) is 13.0 Å². The van der Waals surface area contributed by atoms with Gasteiger partial charge in [-0.2, -0.15) is 0 Å². The monoisotopic (exact) mass is 249 g/mol. The van der Waals surface area contributed by atoms with E-state index in [0.29, 0.717) is 0 Å². The molecule has 2 atom stereocenters. The van der Waals surface area contributed by atoms with Gasteiger partial charge in [0.25, 0.3) is 0 Å². The van der Waals surface area contributed by atoms with Crippen LogP contribution in [0.2, 0.25) is 0 Å². The third kappa shape index (κ3) is 3.84. The number of ether oxygens (including phenoxy) is 1. The number of piperidine rings is 1. The molecule has 0 bridgehead atoms. The van der Waals surface area contributed by atoms with Gasteiger partial charge in [0, 0.05) is 6.04 Å². The molecular weight excluding hydrogens is 226 g/mol. The smallest absolute Gasteiger partial charge is 0.314 e. The number of carbonyl (C=O) groups excluding carboxylic acids is 1. The minimum absolute atomic E-state index is 0.161. The molecule has 0 saturated carbocycles. The summed E-state index contributed by atoms with van der Waals surface area (Å²) in [5.41, 5.74) is 0.957. The van der Waals surface area contributed by atoms with Crippen molar-refractivity contribution >= 4 is 5.97 Å². The van der Waals surface area contributed by atoms with E-state index < -0.39 is 0 Å². The lowest BCUT2D eigenvalue weighted by molar-refractivity contribution is -0.145. The van der Waals surface area contributed by atoms with Gasteiger partial charge in [0.2, 0.25) is 0 Å². The SMILES string of the molecule is C=C/C=C(\C=C/C)C(C(=O)OC)C1CCCCN1. The van der Waals surface area contributed by atoms with Crippen LogP contribution in [0.15, 0.2) is 36.5 Å². The molecule has 2 unspecified atom stereocenters. The zero-order valence-corrected chi connectivity index (χ0v) is 11.3. The first kappa shape index (κ1) is 14.7. The lowest BCUT2D eigenvalue weighted by Gasteiger charge is -2.30. The Kier molecular flexibility index (Phi) is 6.44. The molecule has 0 aromatic heterocycles. The van der Waals surface area contributed by atoms with E-state index in [1.165, 1.54) is 13.5 Å². The van der Waals surface area contributed by atoms with Gasteiger partial charge in [-0.25, -0.2) is 0 Å². The van der Waals surface area contributed by atoms with Crippen molar-refractivity contribution in [2.45, 2.75) is 32.2 Å². The zero-order valence-electron chi connectivity index (χ0n) is 11.3. The van der Waals surface area contributed by atoms with Gasteiger partial charge in [-0.3, -0.25) is 4.79 Å². The summed E-state index contributed by atoms with van der Waals surface area (Å²) in [6, 6.07) is 0.161. The van der Waals surface area contributed by atoms with Crippen molar-refractivity contribution in [3.8, 4) is 0 Å². The fraction of sp³-hybridized carbons (Fsp3) is 0.533. The minimum atomic E-state index is -0.246. The Balaban J connectivity index is 2.97. The number of carbonyl (C=O) groups is 1. The normalized spacial score (nSPS) is 22.8. The Morgan fingerprint density at radius 3 is 2.78 bits per heavy atom. The molecule has 0 aliphatic carbocycles. The van der Waals surface area contributed by atoms with Crippen molar-refractivity contribution in [3.05, 3.63) is 36.5 Å². The van der Waals surface area contributed by atoms with E-state index in [1.807, 2.05) is 25.2 Å². The molecule has 0 amide bonds.